The molecular weight excluding hydrogens is 349 g/mol. The van der Waals surface area contributed by atoms with Crippen LogP contribution in [0.3, 0.4) is 0 Å². The average Bonchev–Trinajstić information content (AvgIpc) is 2.62. The molecule has 0 aromatic heterocycles. The molecule has 3 rings (SSSR count). The molecule has 5 nitrogen and oxygen atoms in total. The molecule has 1 heterocycles. The molecule has 1 aliphatic rings. The minimum atomic E-state index is -0.726. The SMILES string of the molecule is COc1ccc2c(c1)[C@H](NC(=O)[C@@H](C)Oc1ccc(F)cc1)CC(C)(C)O2. The third-order valence-electron chi connectivity index (χ3n) is 4.49. The highest BCUT2D eigenvalue weighted by atomic mass is 19.1. The van der Waals surface area contributed by atoms with E-state index in [1.807, 2.05) is 32.0 Å². The lowest BCUT2D eigenvalue weighted by atomic mass is 9.89. The first-order chi connectivity index (χ1) is 12.8. The molecule has 0 spiro atoms. The number of fused-ring (bicyclic) bond motifs is 1. The second-order valence-electron chi connectivity index (χ2n) is 7.24. The molecule has 6 heteroatoms. The summed E-state index contributed by atoms with van der Waals surface area (Å²) in [6, 6.07) is 10.9. The van der Waals surface area contributed by atoms with E-state index in [0.29, 0.717) is 17.9 Å². The summed E-state index contributed by atoms with van der Waals surface area (Å²) in [5, 5.41) is 3.04. The zero-order valence-corrected chi connectivity index (χ0v) is 15.9. The summed E-state index contributed by atoms with van der Waals surface area (Å²) in [5.74, 6) is 1.26. The van der Waals surface area contributed by atoms with Gasteiger partial charge in [0.1, 0.15) is 28.7 Å². The highest BCUT2D eigenvalue weighted by Crippen LogP contribution is 2.41. The second-order valence-corrected chi connectivity index (χ2v) is 7.24. The Morgan fingerprint density at radius 3 is 2.56 bits per heavy atom. The van der Waals surface area contributed by atoms with Crippen LogP contribution in [-0.2, 0) is 4.79 Å². The van der Waals surface area contributed by atoms with Gasteiger partial charge in [0.25, 0.3) is 5.91 Å². The minimum absolute atomic E-state index is 0.231. The maximum atomic E-state index is 13.0. The summed E-state index contributed by atoms with van der Waals surface area (Å²) in [7, 11) is 1.60. The predicted molar refractivity (Wildman–Crippen MR) is 99.7 cm³/mol. The molecule has 0 unspecified atom stereocenters. The van der Waals surface area contributed by atoms with Gasteiger partial charge in [-0.25, -0.2) is 4.39 Å². The highest BCUT2D eigenvalue weighted by Gasteiger charge is 2.35. The lowest BCUT2D eigenvalue weighted by Crippen LogP contribution is -2.44. The molecule has 0 radical (unpaired) electrons. The van der Waals surface area contributed by atoms with Gasteiger partial charge in [-0.3, -0.25) is 4.79 Å². The Morgan fingerprint density at radius 2 is 1.89 bits per heavy atom. The monoisotopic (exact) mass is 373 g/mol. The number of nitrogens with one attached hydrogen (secondary N) is 1. The maximum Gasteiger partial charge on any atom is 0.261 e. The molecule has 2 aromatic rings. The fourth-order valence-corrected chi connectivity index (χ4v) is 3.15. The number of methoxy groups -OCH3 is 1. The van der Waals surface area contributed by atoms with Crippen LogP contribution in [0.15, 0.2) is 42.5 Å². The molecule has 0 bridgehead atoms. The van der Waals surface area contributed by atoms with E-state index in [2.05, 4.69) is 5.32 Å². The van der Waals surface area contributed by atoms with Crippen LogP contribution in [0.4, 0.5) is 4.39 Å². The molecule has 0 aliphatic carbocycles. The van der Waals surface area contributed by atoms with E-state index in [-0.39, 0.29) is 17.8 Å². The van der Waals surface area contributed by atoms with Crippen LogP contribution < -0.4 is 19.5 Å². The molecule has 144 valence electrons. The summed E-state index contributed by atoms with van der Waals surface area (Å²) >= 11 is 0. The van der Waals surface area contributed by atoms with Crippen molar-refractivity contribution in [2.75, 3.05) is 7.11 Å². The third-order valence-corrected chi connectivity index (χ3v) is 4.49. The number of hydrogen-bond acceptors (Lipinski definition) is 4. The first-order valence-electron chi connectivity index (χ1n) is 8.87. The first-order valence-corrected chi connectivity index (χ1v) is 8.87. The molecule has 0 saturated heterocycles. The van der Waals surface area contributed by atoms with Crippen LogP contribution in [0, 0.1) is 5.82 Å². The zero-order chi connectivity index (χ0) is 19.6. The fourth-order valence-electron chi connectivity index (χ4n) is 3.15. The van der Waals surface area contributed by atoms with Gasteiger partial charge in [-0.15, -0.1) is 0 Å². The van der Waals surface area contributed by atoms with Crippen molar-refractivity contribution in [1.29, 1.82) is 0 Å². The van der Waals surface area contributed by atoms with Crippen LogP contribution in [0.1, 0.15) is 38.8 Å². The van der Waals surface area contributed by atoms with Gasteiger partial charge in [0.15, 0.2) is 6.10 Å². The Bertz CT molecular complexity index is 819. The summed E-state index contributed by atoms with van der Waals surface area (Å²) in [4.78, 5) is 12.7. The Kier molecular flexibility index (Phi) is 5.26. The van der Waals surface area contributed by atoms with Gasteiger partial charge in [-0.1, -0.05) is 0 Å². The van der Waals surface area contributed by atoms with Gasteiger partial charge in [0.05, 0.1) is 13.2 Å². The maximum absolute atomic E-state index is 13.0. The molecule has 1 N–H and O–H groups in total. The van der Waals surface area contributed by atoms with Crippen molar-refractivity contribution in [3.05, 3.63) is 53.8 Å². The molecule has 0 saturated carbocycles. The topological polar surface area (TPSA) is 56.8 Å². The van der Waals surface area contributed by atoms with Crippen LogP contribution >= 0.6 is 0 Å². The lowest BCUT2D eigenvalue weighted by molar-refractivity contribution is -0.128. The molecule has 27 heavy (non-hydrogen) atoms. The van der Waals surface area contributed by atoms with Gasteiger partial charge >= 0.3 is 0 Å². The van der Waals surface area contributed by atoms with Crippen LogP contribution in [-0.4, -0.2) is 24.7 Å². The number of hydrogen-bond donors (Lipinski definition) is 1. The normalized spacial score (nSPS) is 18.6. The Labute approximate surface area is 158 Å². The van der Waals surface area contributed by atoms with E-state index >= 15 is 0 Å². The molecule has 2 atom stereocenters. The van der Waals surface area contributed by atoms with Crippen molar-refractivity contribution in [2.24, 2.45) is 0 Å². The molecule has 1 amide bonds. The zero-order valence-electron chi connectivity index (χ0n) is 15.9. The van der Waals surface area contributed by atoms with E-state index in [1.54, 1.807) is 14.0 Å². The molecular formula is C21H24FNO4. The van der Waals surface area contributed by atoms with E-state index in [1.165, 1.54) is 24.3 Å². The molecule has 2 aromatic carbocycles. The fraction of sp³-hybridized carbons (Fsp3) is 0.381. The van der Waals surface area contributed by atoms with Gasteiger partial charge in [-0.2, -0.15) is 0 Å². The number of amides is 1. The van der Waals surface area contributed by atoms with E-state index in [4.69, 9.17) is 14.2 Å². The van der Waals surface area contributed by atoms with E-state index < -0.39 is 11.7 Å². The summed E-state index contributed by atoms with van der Waals surface area (Å²) in [6.07, 6.45) is -0.113. The van der Waals surface area contributed by atoms with Crippen molar-refractivity contribution in [3.8, 4) is 17.2 Å². The van der Waals surface area contributed by atoms with Crippen molar-refractivity contribution >= 4 is 5.91 Å². The minimum Gasteiger partial charge on any atom is -0.497 e. The average molecular weight is 373 g/mol. The third kappa shape index (κ3) is 4.51. The molecule has 0 fully saturated rings. The first kappa shape index (κ1) is 19.0. The summed E-state index contributed by atoms with van der Waals surface area (Å²) in [5.41, 5.74) is 0.455. The summed E-state index contributed by atoms with van der Waals surface area (Å²) in [6.45, 7) is 5.63. The van der Waals surface area contributed by atoms with E-state index in [0.717, 1.165) is 11.3 Å². The largest absolute Gasteiger partial charge is 0.497 e. The smallest absolute Gasteiger partial charge is 0.261 e. The Hall–Kier alpha value is -2.76. The standard InChI is InChI=1S/C21H24FNO4/c1-13(26-15-7-5-14(22)6-8-15)20(24)23-18-12-21(2,3)27-19-10-9-16(25-4)11-17(18)19/h5-11,13,18H,12H2,1-4H3,(H,23,24)/t13-,18-/m1/s1. The van der Waals surface area contributed by atoms with Crippen molar-refractivity contribution in [2.45, 2.75) is 44.9 Å². The number of ether oxygens (including phenoxy) is 3. The van der Waals surface area contributed by atoms with Gasteiger partial charge in [0, 0.05) is 12.0 Å². The van der Waals surface area contributed by atoms with E-state index in [9.17, 15) is 9.18 Å². The number of carbonyl (C=O) groups excluding carboxylic acids is 1. The van der Waals surface area contributed by atoms with Gasteiger partial charge in [-0.05, 0) is 63.2 Å². The van der Waals surface area contributed by atoms with Crippen LogP contribution in [0.2, 0.25) is 0 Å². The molecule has 1 aliphatic heterocycles. The number of carbonyl (C=O) groups is 1. The number of halogens is 1. The number of rotatable bonds is 5. The highest BCUT2D eigenvalue weighted by molar-refractivity contribution is 5.81. The quantitative estimate of drug-likeness (QED) is 0.860. The second kappa shape index (κ2) is 7.47. The van der Waals surface area contributed by atoms with Crippen LogP contribution in [0.25, 0.3) is 0 Å². The number of benzene rings is 2. The van der Waals surface area contributed by atoms with Gasteiger partial charge < -0.3 is 19.5 Å². The Morgan fingerprint density at radius 1 is 1.22 bits per heavy atom. The van der Waals surface area contributed by atoms with Crippen molar-refractivity contribution in [3.63, 3.8) is 0 Å². The van der Waals surface area contributed by atoms with Crippen LogP contribution in [0.5, 0.6) is 17.2 Å². The lowest BCUT2D eigenvalue weighted by Gasteiger charge is -2.38. The Balaban J connectivity index is 1.75. The summed E-state index contributed by atoms with van der Waals surface area (Å²) < 4.78 is 30.0. The van der Waals surface area contributed by atoms with Gasteiger partial charge in [0.2, 0.25) is 0 Å². The van der Waals surface area contributed by atoms with Crippen molar-refractivity contribution < 1.29 is 23.4 Å². The predicted octanol–water partition coefficient (Wildman–Crippen LogP) is 4.02. The van der Waals surface area contributed by atoms with Crippen molar-refractivity contribution in [1.82, 2.24) is 5.32 Å².